The molecule has 184 valence electrons. The van der Waals surface area contributed by atoms with Gasteiger partial charge in [-0.3, -0.25) is 9.52 Å². The summed E-state index contributed by atoms with van der Waals surface area (Å²) in [7, 11) is -3.85. The molecule has 2 aliphatic rings. The van der Waals surface area contributed by atoms with Gasteiger partial charge in [0.2, 0.25) is 5.89 Å². The molecule has 2 aliphatic heterocycles. The SMILES string of the molecule is Cc1noc(C2CCCN(C(=O)c3ccc(NS(=O)(=O)c4ccc5c(c4)OCCCO5)cc3)C2)n1. The van der Waals surface area contributed by atoms with Gasteiger partial charge in [0.1, 0.15) is 0 Å². The molecule has 1 amide bonds. The van der Waals surface area contributed by atoms with Crippen LogP contribution in [0.4, 0.5) is 5.69 Å². The quantitative estimate of drug-likeness (QED) is 0.568. The van der Waals surface area contributed by atoms with Crippen molar-refractivity contribution in [1.82, 2.24) is 15.0 Å². The lowest BCUT2D eigenvalue weighted by Gasteiger charge is -2.31. The summed E-state index contributed by atoms with van der Waals surface area (Å²) in [6.07, 6.45) is 2.45. The van der Waals surface area contributed by atoms with E-state index in [0.29, 0.717) is 60.8 Å². The van der Waals surface area contributed by atoms with Gasteiger partial charge < -0.3 is 18.9 Å². The minimum atomic E-state index is -3.85. The number of nitrogens with one attached hydrogen (secondary N) is 1. The number of rotatable bonds is 5. The molecule has 1 aromatic heterocycles. The van der Waals surface area contributed by atoms with Crippen molar-refractivity contribution in [2.45, 2.75) is 37.0 Å². The van der Waals surface area contributed by atoms with Gasteiger partial charge in [0.25, 0.3) is 15.9 Å². The fourth-order valence-corrected chi connectivity index (χ4v) is 5.30. The molecule has 1 N–H and O–H groups in total. The Morgan fingerprint density at radius 3 is 2.57 bits per heavy atom. The van der Waals surface area contributed by atoms with E-state index in [1.165, 1.54) is 12.1 Å². The molecule has 3 heterocycles. The minimum absolute atomic E-state index is 0.00952. The van der Waals surface area contributed by atoms with Crippen LogP contribution in [0.25, 0.3) is 0 Å². The smallest absolute Gasteiger partial charge is 0.262 e. The van der Waals surface area contributed by atoms with E-state index in [2.05, 4.69) is 14.9 Å². The lowest BCUT2D eigenvalue weighted by atomic mass is 9.97. The molecule has 11 heteroatoms. The molecule has 0 saturated carbocycles. The van der Waals surface area contributed by atoms with Crippen LogP contribution in [0.3, 0.4) is 0 Å². The van der Waals surface area contributed by atoms with E-state index < -0.39 is 10.0 Å². The van der Waals surface area contributed by atoms with Crippen LogP contribution in [0.2, 0.25) is 0 Å². The van der Waals surface area contributed by atoms with Crippen LogP contribution in [0.15, 0.2) is 51.9 Å². The van der Waals surface area contributed by atoms with Crippen LogP contribution in [0, 0.1) is 6.92 Å². The lowest BCUT2D eigenvalue weighted by Crippen LogP contribution is -2.39. The number of fused-ring (bicyclic) bond motifs is 1. The van der Waals surface area contributed by atoms with Crippen molar-refractivity contribution < 1.29 is 27.2 Å². The number of sulfonamides is 1. The number of nitrogens with zero attached hydrogens (tertiary/aromatic N) is 3. The number of piperidine rings is 1. The zero-order valence-electron chi connectivity index (χ0n) is 19.3. The Kier molecular flexibility index (Phi) is 6.33. The summed E-state index contributed by atoms with van der Waals surface area (Å²) in [4.78, 5) is 19.2. The Bertz CT molecular complexity index is 1320. The van der Waals surface area contributed by atoms with Gasteiger partial charge >= 0.3 is 0 Å². The number of aryl methyl sites for hydroxylation is 1. The van der Waals surface area contributed by atoms with Gasteiger partial charge in [-0.2, -0.15) is 4.98 Å². The number of benzene rings is 2. The fourth-order valence-electron chi connectivity index (χ4n) is 4.23. The molecule has 35 heavy (non-hydrogen) atoms. The predicted octanol–water partition coefficient (Wildman–Crippen LogP) is 3.36. The monoisotopic (exact) mass is 498 g/mol. The molecule has 1 unspecified atom stereocenters. The third kappa shape index (κ3) is 5.09. The topological polar surface area (TPSA) is 124 Å². The third-order valence-electron chi connectivity index (χ3n) is 6.01. The molecular formula is C24H26N4O6S. The highest BCUT2D eigenvalue weighted by atomic mass is 32.2. The van der Waals surface area contributed by atoms with Crippen LogP contribution in [-0.4, -0.2) is 55.7 Å². The highest BCUT2D eigenvalue weighted by Gasteiger charge is 2.29. The first-order valence-electron chi connectivity index (χ1n) is 11.5. The van der Waals surface area contributed by atoms with Crippen LogP contribution < -0.4 is 14.2 Å². The maximum Gasteiger partial charge on any atom is 0.262 e. The summed E-state index contributed by atoms with van der Waals surface area (Å²) in [6.45, 7) is 3.90. The van der Waals surface area contributed by atoms with Crippen LogP contribution in [0.1, 0.15) is 47.3 Å². The zero-order chi connectivity index (χ0) is 24.4. The average Bonchev–Trinajstić information content (AvgIpc) is 3.16. The fraction of sp³-hybridized carbons (Fsp3) is 0.375. The first-order chi connectivity index (χ1) is 16.9. The number of hydrogen-bond donors (Lipinski definition) is 1. The Labute approximate surface area is 203 Å². The molecule has 10 nitrogen and oxygen atoms in total. The Hall–Kier alpha value is -3.60. The Morgan fingerprint density at radius 1 is 1.06 bits per heavy atom. The van der Waals surface area contributed by atoms with E-state index in [-0.39, 0.29) is 16.7 Å². The molecule has 0 aliphatic carbocycles. The lowest BCUT2D eigenvalue weighted by molar-refractivity contribution is 0.0695. The highest BCUT2D eigenvalue weighted by Crippen LogP contribution is 2.32. The first-order valence-corrected chi connectivity index (χ1v) is 13.0. The second kappa shape index (κ2) is 9.57. The van der Waals surface area contributed by atoms with E-state index in [1.807, 2.05) is 0 Å². The van der Waals surface area contributed by atoms with E-state index in [9.17, 15) is 13.2 Å². The van der Waals surface area contributed by atoms with E-state index in [4.69, 9.17) is 14.0 Å². The second-order valence-electron chi connectivity index (χ2n) is 8.61. The van der Waals surface area contributed by atoms with Crippen molar-refractivity contribution >= 4 is 21.6 Å². The highest BCUT2D eigenvalue weighted by molar-refractivity contribution is 7.92. The van der Waals surface area contributed by atoms with Gasteiger partial charge in [-0.1, -0.05) is 5.16 Å². The van der Waals surface area contributed by atoms with Crippen molar-refractivity contribution in [3.63, 3.8) is 0 Å². The van der Waals surface area contributed by atoms with Gasteiger partial charge in [0.15, 0.2) is 17.3 Å². The van der Waals surface area contributed by atoms with Gasteiger partial charge in [-0.15, -0.1) is 0 Å². The second-order valence-corrected chi connectivity index (χ2v) is 10.3. The number of hydrogen-bond acceptors (Lipinski definition) is 8. The third-order valence-corrected chi connectivity index (χ3v) is 7.39. The summed E-state index contributed by atoms with van der Waals surface area (Å²) in [6, 6.07) is 10.9. The first kappa shape index (κ1) is 23.2. The molecule has 0 radical (unpaired) electrons. The zero-order valence-corrected chi connectivity index (χ0v) is 20.1. The van der Waals surface area contributed by atoms with E-state index >= 15 is 0 Å². The Morgan fingerprint density at radius 2 is 1.83 bits per heavy atom. The summed E-state index contributed by atoms with van der Waals surface area (Å²) in [5.74, 6) is 1.95. The molecule has 1 atom stereocenters. The van der Waals surface area contributed by atoms with Gasteiger partial charge in [-0.05, 0) is 56.2 Å². The van der Waals surface area contributed by atoms with Crippen LogP contribution >= 0.6 is 0 Å². The maximum atomic E-state index is 13.1. The van der Waals surface area contributed by atoms with E-state index in [0.717, 1.165) is 19.3 Å². The standard InChI is InChI=1S/C24H26N4O6S/c1-16-25-23(34-26-16)18-4-2-11-28(15-18)24(29)17-5-7-19(8-6-17)27-35(30,31)20-9-10-21-22(14-20)33-13-3-12-32-21/h5-10,14,18,27H,2-4,11-13,15H2,1H3. The van der Waals surface area contributed by atoms with Crippen LogP contribution in [-0.2, 0) is 10.0 Å². The van der Waals surface area contributed by atoms with Crippen molar-refractivity contribution in [2.24, 2.45) is 0 Å². The number of amides is 1. The number of carbonyl (C=O) groups excluding carboxylic acids is 1. The normalized spacial score (nSPS) is 18.1. The maximum absolute atomic E-state index is 13.1. The molecule has 5 rings (SSSR count). The summed E-state index contributed by atoms with van der Waals surface area (Å²) in [5, 5.41) is 3.85. The average molecular weight is 499 g/mol. The number of likely N-dealkylation sites (tertiary alicyclic amines) is 1. The summed E-state index contributed by atoms with van der Waals surface area (Å²) in [5.41, 5.74) is 0.831. The molecule has 0 spiro atoms. The number of anilines is 1. The van der Waals surface area contributed by atoms with Gasteiger partial charge in [0, 0.05) is 36.8 Å². The van der Waals surface area contributed by atoms with Crippen LogP contribution in [0.5, 0.6) is 11.5 Å². The van der Waals surface area contributed by atoms with Gasteiger partial charge in [0.05, 0.1) is 24.0 Å². The van der Waals surface area contributed by atoms with Gasteiger partial charge in [-0.25, -0.2) is 8.42 Å². The predicted molar refractivity (Wildman–Crippen MR) is 126 cm³/mol. The summed E-state index contributed by atoms with van der Waals surface area (Å²) < 4.78 is 44.8. The number of aromatic nitrogens is 2. The van der Waals surface area contributed by atoms with Crippen molar-refractivity contribution in [1.29, 1.82) is 0 Å². The molecule has 0 bridgehead atoms. The molecule has 1 fully saturated rings. The minimum Gasteiger partial charge on any atom is -0.490 e. The molecular weight excluding hydrogens is 472 g/mol. The largest absolute Gasteiger partial charge is 0.490 e. The number of carbonyl (C=O) groups is 1. The van der Waals surface area contributed by atoms with Crippen molar-refractivity contribution in [3.05, 3.63) is 59.7 Å². The Balaban J connectivity index is 1.26. The van der Waals surface area contributed by atoms with Crippen molar-refractivity contribution in [2.75, 3.05) is 31.0 Å². The molecule has 1 saturated heterocycles. The van der Waals surface area contributed by atoms with E-state index in [1.54, 1.807) is 42.2 Å². The summed E-state index contributed by atoms with van der Waals surface area (Å²) >= 11 is 0. The number of ether oxygens (including phenoxy) is 2. The van der Waals surface area contributed by atoms with Crippen molar-refractivity contribution in [3.8, 4) is 11.5 Å². The molecule has 3 aromatic rings. The molecule has 2 aromatic carbocycles.